The van der Waals surface area contributed by atoms with Crippen LogP contribution in [0.4, 0.5) is 0 Å². The van der Waals surface area contributed by atoms with Crippen LogP contribution in [0.1, 0.15) is 56.4 Å². The number of ether oxygens (including phenoxy) is 1. The Morgan fingerprint density at radius 3 is 2.63 bits per heavy atom. The zero-order chi connectivity index (χ0) is 21.0. The van der Waals surface area contributed by atoms with Crippen LogP contribution in [0.3, 0.4) is 0 Å². The predicted octanol–water partition coefficient (Wildman–Crippen LogP) is 4.30. The van der Waals surface area contributed by atoms with Gasteiger partial charge in [0.05, 0.1) is 19.3 Å². The Labute approximate surface area is 198 Å². The van der Waals surface area contributed by atoms with Crippen molar-refractivity contribution >= 4 is 29.9 Å². The quantitative estimate of drug-likeness (QED) is 0.317. The van der Waals surface area contributed by atoms with Crippen LogP contribution in [0.5, 0.6) is 5.75 Å². The fourth-order valence-corrected chi connectivity index (χ4v) is 3.94. The van der Waals surface area contributed by atoms with Crippen molar-refractivity contribution in [1.82, 2.24) is 20.0 Å². The Bertz CT molecular complexity index is 857. The van der Waals surface area contributed by atoms with Gasteiger partial charge in [0.2, 0.25) is 0 Å². The number of aliphatic imine (C=N–C) groups is 1. The number of nitrogens with one attached hydrogen (secondary N) is 1. The number of aromatic nitrogens is 2. The molecule has 1 fully saturated rings. The number of nitrogens with zero attached hydrogens (tertiary/aromatic N) is 4. The summed E-state index contributed by atoms with van der Waals surface area (Å²) in [5.41, 5.74) is 3.79. The van der Waals surface area contributed by atoms with Crippen LogP contribution in [-0.4, -0.2) is 47.9 Å². The third kappa shape index (κ3) is 5.47. The van der Waals surface area contributed by atoms with Gasteiger partial charge in [-0.3, -0.25) is 9.67 Å². The van der Waals surface area contributed by atoms with Crippen molar-refractivity contribution in [3.8, 4) is 5.75 Å². The van der Waals surface area contributed by atoms with E-state index in [1.165, 1.54) is 11.1 Å². The molecule has 1 aliphatic carbocycles. The summed E-state index contributed by atoms with van der Waals surface area (Å²) in [6.07, 6.45) is 4.42. The van der Waals surface area contributed by atoms with E-state index in [0.717, 1.165) is 49.9 Å². The maximum atomic E-state index is 5.61. The second kappa shape index (κ2) is 10.5. The summed E-state index contributed by atoms with van der Waals surface area (Å²) >= 11 is 0. The van der Waals surface area contributed by atoms with Crippen molar-refractivity contribution in [2.75, 3.05) is 27.2 Å². The molecule has 1 N–H and O–H groups in total. The number of aryl methyl sites for hydroxylation is 1. The molecule has 2 aromatic rings. The predicted molar refractivity (Wildman–Crippen MR) is 134 cm³/mol. The summed E-state index contributed by atoms with van der Waals surface area (Å²) in [6.45, 7) is 8.89. The van der Waals surface area contributed by atoms with E-state index in [1.807, 2.05) is 23.9 Å². The van der Waals surface area contributed by atoms with Gasteiger partial charge in [-0.15, -0.1) is 24.0 Å². The van der Waals surface area contributed by atoms with Crippen LogP contribution in [0.2, 0.25) is 0 Å². The highest BCUT2D eigenvalue weighted by Gasteiger charge is 2.46. The van der Waals surface area contributed by atoms with Crippen LogP contribution < -0.4 is 10.1 Å². The Morgan fingerprint density at radius 1 is 1.33 bits per heavy atom. The molecule has 0 radical (unpaired) electrons. The molecule has 0 amide bonds. The number of rotatable bonds is 8. The van der Waals surface area contributed by atoms with E-state index in [4.69, 9.17) is 9.73 Å². The molecule has 166 valence electrons. The van der Waals surface area contributed by atoms with Crippen molar-refractivity contribution in [2.24, 2.45) is 12.0 Å². The van der Waals surface area contributed by atoms with E-state index in [2.05, 4.69) is 61.5 Å². The minimum atomic E-state index is 0. The first-order chi connectivity index (χ1) is 13.9. The third-order valence-corrected chi connectivity index (χ3v) is 5.65. The van der Waals surface area contributed by atoms with E-state index in [-0.39, 0.29) is 29.4 Å². The topological polar surface area (TPSA) is 54.7 Å². The largest absolute Gasteiger partial charge is 0.496 e. The molecule has 3 rings (SSSR count). The summed E-state index contributed by atoms with van der Waals surface area (Å²) in [5, 5.41) is 8.09. The number of hydrogen-bond acceptors (Lipinski definition) is 3. The number of guanidine groups is 1. The van der Waals surface area contributed by atoms with Crippen LogP contribution >= 0.6 is 24.0 Å². The lowest BCUT2D eigenvalue weighted by Gasteiger charge is -2.24. The lowest BCUT2D eigenvalue weighted by atomic mass is 9.95. The van der Waals surface area contributed by atoms with Crippen molar-refractivity contribution in [3.05, 3.63) is 47.3 Å². The molecule has 7 heteroatoms. The van der Waals surface area contributed by atoms with Crippen molar-refractivity contribution < 1.29 is 4.74 Å². The summed E-state index contributed by atoms with van der Waals surface area (Å²) in [5.74, 6) is 2.31. The van der Waals surface area contributed by atoms with E-state index in [1.54, 1.807) is 7.11 Å². The van der Waals surface area contributed by atoms with Crippen LogP contribution in [0, 0.1) is 0 Å². The van der Waals surface area contributed by atoms with Gasteiger partial charge in [-0.2, -0.15) is 5.10 Å². The van der Waals surface area contributed by atoms with E-state index < -0.39 is 0 Å². The summed E-state index contributed by atoms with van der Waals surface area (Å²) < 4.78 is 7.51. The second-order valence-electron chi connectivity index (χ2n) is 8.37. The van der Waals surface area contributed by atoms with Crippen molar-refractivity contribution in [3.63, 3.8) is 0 Å². The van der Waals surface area contributed by atoms with Gasteiger partial charge in [0, 0.05) is 49.9 Å². The lowest BCUT2D eigenvalue weighted by molar-refractivity contribution is 0.404. The van der Waals surface area contributed by atoms with Gasteiger partial charge in [-0.1, -0.05) is 32.0 Å². The maximum absolute atomic E-state index is 5.61. The zero-order valence-electron chi connectivity index (χ0n) is 19.1. The van der Waals surface area contributed by atoms with Gasteiger partial charge in [-0.25, -0.2) is 0 Å². The Morgan fingerprint density at radius 2 is 2.03 bits per heavy atom. The molecular formula is C23H36IN5O. The molecule has 30 heavy (non-hydrogen) atoms. The standard InChI is InChI=1S/C23H35N5O.HI/c1-7-24-22(27(4)14-18-15-28(5)26-21(18)17(2)3)25-16-23(12-13-23)19-10-8-9-11-20(19)29-6;/h8-11,15,17H,7,12-14,16H2,1-6H3,(H,24,25);1H. The SMILES string of the molecule is CCNC(=NCC1(c2ccccc2OC)CC1)N(C)Cc1cn(C)nc1C(C)C.I. The van der Waals surface area contributed by atoms with E-state index in [9.17, 15) is 0 Å². The molecule has 1 saturated carbocycles. The third-order valence-electron chi connectivity index (χ3n) is 5.65. The molecule has 1 heterocycles. The Hall–Kier alpha value is -1.77. The Kier molecular flexibility index (Phi) is 8.58. The fraction of sp³-hybridized carbons (Fsp3) is 0.565. The van der Waals surface area contributed by atoms with Gasteiger partial charge in [0.15, 0.2) is 5.96 Å². The molecule has 6 nitrogen and oxygen atoms in total. The number of methoxy groups -OCH3 is 1. The van der Waals surface area contributed by atoms with Gasteiger partial charge in [0.25, 0.3) is 0 Å². The van der Waals surface area contributed by atoms with Crippen LogP contribution in [0.15, 0.2) is 35.5 Å². The number of hydrogen-bond donors (Lipinski definition) is 1. The second-order valence-corrected chi connectivity index (χ2v) is 8.37. The van der Waals surface area contributed by atoms with Gasteiger partial charge < -0.3 is 15.0 Å². The lowest BCUT2D eigenvalue weighted by Crippen LogP contribution is -2.39. The van der Waals surface area contributed by atoms with E-state index in [0.29, 0.717) is 5.92 Å². The van der Waals surface area contributed by atoms with Gasteiger partial charge in [0.1, 0.15) is 5.75 Å². The smallest absolute Gasteiger partial charge is 0.193 e. The van der Waals surface area contributed by atoms with Crippen molar-refractivity contribution in [2.45, 2.75) is 51.5 Å². The summed E-state index contributed by atoms with van der Waals surface area (Å²) in [4.78, 5) is 7.22. The zero-order valence-corrected chi connectivity index (χ0v) is 21.4. The molecule has 0 saturated heterocycles. The first-order valence-corrected chi connectivity index (χ1v) is 10.6. The summed E-state index contributed by atoms with van der Waals surface area (Å²) in [6, 6.07) is 8.35. The minimum absolute atomic E-state index is 0. The van der Waals surface area contributed by atoms with Gasteiger partial charge >= 0.3 is 0 Å². The van der Waals surface area contributed by atoms with Crippen LogP contribution in [-0.2, 0) is 19.0 Å². The fourth-order valence-electron chi connectivity index (χ4n) is 3.94. The molecule has 0 spiro atoms. The normalized spacial score (nSPS) is 15.0. The van der Waals surface area contributed by atoms with Crippen molar-refractivity contribution in [1.29, 1.82) is 0 Å². The first kappa shape index (κ1) is 24.5. The molecule has 0 unspecified atom stereocenters. The highest BCUT2D eigenvalue weighted by Crippen LogP contribution is 2.51. The van der Waals surface area contributed by atoms with E-state index >= 15 is 0 Å². The minimum Gasteiger partial charge on any atom is -0.496 e. The van der Waals surface area contributed by atoms with Gasteiger partial charge in [-0.05, 0) is 31.7 Å². The Balaban J connectivity index is 0.00000320. The number of benzene rings is 1. The molecule has 0 atom stereocenters. The maximum Gasteiger partial charge on any atom is 0.193 e. The monoisotopic (exact) mass is 525 g/mol. The average Bonchev–Trinajstić information content (AvgIpc) is 3.40. The first-order valence-electron chi connectivity index (χ1n) is 10.6. The van der Waals surface area contributed by atoms with Crippen LogP contribution in [0.25, 0.3) is 0 Å². The molecule has 1 aliphatic rings. The molecule has 1 aromatic heterocycles. The highest BCUT2D eigenvalue weighted by atomic mass is 127. The highest BCUT2D eigenvalue weighted by molar-refractivity contribution is 14.0. The molecular weight excluding hydrogens is 489 g/mol. The summed E-state index contributed by atoms with van der Waals surface area (Å²) in [7, 11) is 5.83. The molecule has 0 bridgehead atoms. The number of para-hydroxylation sites is 1. The average molecular weight is 525 g/mol. The molecule has 0 aliphatic heterocycles. The number of halogens is 1. The molecule has 1 aromatic carbocycles.